The number of phenols is 1. The van der Waals surface area contributed by atoms with Gasteiger partial charge in [-0.3, -0.25) is 4.79 Å². The molecule has 0 heterocycles. The van der Waals surface area contributed by atoms with Crippen molar-refractivity contribution in [2.45, 2.75) is 32.7 Å². The van der Waals surface area contributed by atoms with Crippen LogP contribution < -0.4 is 5.73 Å². The third-order valence-corrected chi connectivity index (χ3v) is 3.20. The second-order valence-electron chi connectivity index (χ2n) is 4.42. The van der Waals surface area contributed by atoms with Gasteiger partial charge in [0.1, 0.15) is 11.6 Å². The molecule has 1 amide bonds. The average molecular weight is 268 g/mol. The number of benzene rings is 1. The minimum atomic E-state index is -0.710. The van der Waals surface area contributed by atoms with Crippen LogP contribution in [-0.4, -0.2) is 35.0 Å². The number of hydrogen-bond acceptors (Lipinski definition) is 3. The Labute approximate surface area is 113 Å². The van der Waals surface area contributed by atoms with Crippen molar-refractivity contribution >= 4 is 5.91 Å². The Hall–Kier alpha value is -1.62. The molecule has 0 atom stereocenters. The van der Waals surface area contributed by atoms with E-state index in [2.05, 4.69) is 0 Å². The zero-order valence-corrected chi connectivity index (χ0v) is 11.4. The van der Waals surface area contributed by atoms with Gasteiger partial charge in [0.25, 0.3) is 5.91 Å². The van der Waals surface area contributed by atoms with Crippen molar-refractivity contribution in [2.24, 2.45) is 5.73 Å². The molecule has 0 fully saturated rings. The van der Waals surface area contributed by atoms with E-state index in [0.717, 1.165) is 18.9 Å². The molecule has 0 aromatic heterocycles. The lowest BCUT2D eigenvalue weighted by Crippen LogP contribution is -2.43. The molecule has 0 unspecified atom stereocenters. The first kappa shape index (κ1) is 15.4. The van der Waals surface area contributed by atoms with Crippen molar-refractivity contribution in [1.29, 1.82) is 0 Å². The maximum atomic E-state index is 13.7. The molecule has 1 rings (SSSR count). The molecule has 0 aliphatic rings. The lowest BCUT2D eigenvalue weighted by Gasteiger charge is -2.30. The number of hydrogen-bond donors (Lipinski definition) is 2. The van der Waals surface area contributed by atoms with Gasteiger partial charge in [0.05, 0.1) is 5.56 Å². The van der Waals surface area contributed by atoms with Gasteiger partial charge in [-0.1, -0.05) is 13.8 Å². The predicted molar refractivity (Wildman–Crippen MR) is 72.5 cm³/mol. The molecular weight excluding hydrogens is 247 g/mol. The van der Waals surface area contributed by atoms with Crippen molar-refractivity contribution in [3.63, 3.8) is 0 Å². The van der Waals surface area contributed by atoms with Crippen LogP contribution in [0.4, 0.5) is 4.39 Å². The summed E-state index contributed by atoms with van der Waals surface area (Å²) in [5, 5.41) is 9.18. The maximum absolute atomic E-state index is 13.7. The summed E-state index contributed by atoms with van der Waals surface area (Å²) in [5.74, 6) is -1.28. The standard InChI is InChI=1S/C14H21FN2O2/c1-3-10(4-2)17(8-7-16)14(19)12-6-5-11(18)9-13(12)15/h5-6,9-10,18H,3-4,7-8,16H2,1-2H3. The summed E-state index contributed by atoms with van der Waals surface area (Å²) < 4.78 is 13.7. The van der Waals surface area contributed by atoms with E-state index in [9.17, 15) is 14.3 Å². The van der Waals surface area contributed by atoms with Gasteiger partial charge in [-0.15, -0.1) is 0 Å². The number of rotatable bonds is 6. The Bertz CT molecular complexity index is 433. The van der Waals surface area contributed by atoms with Crippen molar-refractivity contribution in [3.05, 3.63) is 29.6 Å². The van der Waals surface area contributed by atoms with E-state index in [0.29, 0.717) is 13.1 Å². The molecule has 1 aromatic rings. The first-order chi connectivity index (χ1) is 9.04. The molecule has 5 heteroatoms. The molecule has 0 saturated heterocycles. The Balaban J connectivity index is 3.04. The highest BCUT2D eigenvalue weighted by Crippen LogP contribution is 2.19. The Morgan fingerprint density at radius 1 is 1.42 bits per heavy atom. The van der Waals surface area contributed by atoms with Crippen LogP contribution in [0.25, 0.3) is 0 Å². The summed E-state index contributed by atoms with van der Waals surface area (Å²) in [6, 6.07) is 3.60. The van der Waals surface area contributed by atoms with Gasteiger partial charge in [0, 0.05) is 25.2 Å². The minimum Gasteiger partial charge on any atom is -0.508 e. The summed E-state index contributed by atoms with van der Waals surface area (Å²) in [5.41, 5.74) is 5.50. The number of amides is 1. The van der Waals surface area contributed by atoms with Crippen molar-refractivity contribution in [1.82, 2.24) is 4.90 Å². The fourth-order valence-corrected chi connectivity index (χ4v) is 2.15. The zero-order chi connectivity index (χ0) is 14.4. The van der Waals surface area contributed by atoms with E-state index >= 15 is 0 Å². The average Bonchev–Trinajstić information content (AvgIpc) is 2.38. The first-order valence-electron chi connectivity index (χ1n) is 6.54. The summed E-state index contributed by atoms with van der Waals surface area (Å²) in [7, 11) is 0. The Kier molecular flexibility index (Phi) is 5.76. The Morgan fingerprint density at radius 2 is 2.05 bits per heavy atom. The molecule has 3 N–H and O–H groups in total. The van der Waals surface area contributed by atoms with Gasteiger partial charge in [0.15, 0.2) is 0 Å². The monoisotopic (exact) mass is 268 g/mol. The maximum Gasteiger partial charge on any atom is 0.257 e. The molecule has 0 bridgehead atoms. The number of aromatic hydroxyl groups is 1. The zero-order valence-electron chi connectivity index (χ0n) is 11.4. The molecule has 4 nitrogen and oxygen atoms in total. The van der Waals surface area contributed by atoms with Crippen LogP contribution in [-0.2, 0) is 0 Å². The van der Waals surface area contributed by atoms with Gasteiger partial charge >= 0.3 is 0 Å². The number of halogens is 1. The van der Waals surface area contributed by atoms with E-state index in [4.69, 9.17) is 5.73 Å². The van der Waals surface area contributed by atoms with Gasteiger partial charge in [0.2, 0.25) is 0 Å². The quantitative estimate of drug-likeness (QED) is 0.830. The van der Waals surface area contributed by atoms with Gasteiger partial charge < -0.3 is 15.7 Å². The fourth-order valence-electron chi connectivity index (χ4n) is 2.15. The minimum absolute atomic E-state index is 0.0295. The largest absolute Gasteiger partial charge is 0.508 e. The molecule has 19 heavy (non-hydrogen) atoms. The highest BCUT2D eigenvalue weighted by Gasteiger charge is 2.24. The summed E-state index contributed by atoms with van der Waals surface area (Å²) >= 11 is 0. The lowest BCUT2D eigenvalue weighted by molar-refractivity contribution is 0.0669. The van der Waals surface area contributed by atoms with Gasteiger partial charge in [-0.2, -0.15) is 0 Å². The van der Waals surface area contributed by atoms with Crippen LogP contribution in [0.2, 0.25) is 0 Å². The summed E-state index contributed by atoms with van der Waals surface area (Å²) in [6.07, 6.45) is 1.59. The van der Waals surface area contributed by atoms with E-state index < -0.39 is 5.82 Å². The van der Waals surface area contributed by atoms with Crippen LogP contribution in [0.3, 0.4) is 0 Å². The number of carbonyl (C=O) groups is 1. The van der Waals surface area contributed by atoms with Gasteiger partial charge in [-0.05, 0) is 25.0 Å². The Morgan fingerprint density at radius 3 is 2.53 bits per heavy atom. The fraction of sp³-hybridized carbons (Fsp3) is 0.500. The molecule has 0 aliphatic heterocycles. The third-order valence-electron chi connectivity index (χ3n) is 3.20. The van der Waals surface area contributed by atoms with Crippen LogP contribution in [0.1, 0.15) is 37.0 Å². The highest BCUT2D eigenvalue weighted by atomic mass is 19.1. The van der Waals surface area contributed by atoms with Crippen LogP contribution in [0.5, 0.6) is 5.75 Å². The van der Waals surface area contributed by atoms with Crippen LogP contribution >= 0.6 is 0 Å². The smallest absolute Gasteiger partial charge is 0.257 e. The topological polar surface area (TPSA) is 66.6 Å². The predicted octanol–water partition coefficient (Wildman–Crippen LogP) is 2.12. The van der Waals surface area contributed by atoms with Crippen molar-refractivity contribution in [2.75, 3.05) is 13.1 Å². The summed E-state index contributed by atoms with van der Waals surface area (Å²) in [4.78, 5) is 14.0. The number of nitrogens with zero attached hydrogens (tertiary/aromatic N) is 1. The van der Waals surface area contributed by atoms with Crippen molar-refractivity contribution < 1.29 is 14.3 Å². The van der Waals surface area contributed by atoms with Crippen LogP contribution in [0, 0.1) is 5.82 Å². The molecule has 0 radical (unpaired) electrons. The first-order valence-corrected chi connectivity index (χ1v) is 6.54. The van der Waals surface area contributed by atoms with E-state index in [1.165, 1.54) is 12.1 Å². The summed E-state index contributed by atoms with van der Waals surface area (Å²) in [6.45, 7) is 4.70. The highest BCUT2D eigenvalue weighted by molar-refractivity contribution is 5.94. The molecular formula is C14H21FN2O2. The molecule has 106 valence electrons. The molecule has 0 aliphatic carbocycles. The molecule has 0 saturated carbocycles. The number of carbonyl (C=O) groups excluding carboxylic acids is 1. The SMILES string of the molecule is CCC(CC)N(CCN)C(=O)c1ccc(O)cc1F. The molecule has 1 aromatic carbocycles. The number of phenolic OH excluding ortho intramolecular Hbond substituents is 1. The van der Waals surface area contributed by atoms with Crippen LogP contribution in [0.15, 0.2) is 18.2 Å². The van der Waals surface area contributed by atoms with E-state index in [1.807, 2.05) is 13.8 Å². The molecule has 0 spiro atoms. The van der Waals surface area contributed by atoms with Gasteiger partial charge in [-0.25, -0.2) is 4.39 Å². The van der Waals surface area contributed by atoms with E-state index in [-0.39, 0.29) is 23.3 Å². The van der Waals surface area contributed by atoms with Crippen molar-refractivity contribution in [3.8, 4) is 5.75 Å². The van der Waals surface area contributed by atoms with E-state index in [1.54, 1.807) is 4.90 Å². The third kappa shape index (κ3) is 3.67. The normalized spacial score (nSPS) is 10.8. The lowest BCUT2D eigenvalue weighted by atomic mass is 10.1. The number of nitrogens with two attached hydrogens (primary N) is 1. The second kappa shape index (κ2) is 7.09. The second-order valence-corrected chi connectivity index (χ2v) is 4.42.